The average Bonchev–Trinajstić information content (AvgIpc) is 2.28. The number of aliphatic hydroxyl groups is 1. The smallest absolute Gasteiger partial charge is 0.336 e. The fraction of sp³-hybridized carbons (Fsp3) is 0.250. The van der Waals surface area contributed by atoms with E-state index in [1.54, 1.807) is 30.3 Å². The molecule has 7 nitrogen and oxygen atoms in total. The number of benzene rings is 1. The van der Waals surface area contributed by atoms with E-state index >= 15 is 0 Å². The van der Waals surface area contributed by atoms with E-state index in [0.29, 0.717) is 5.69 Å². The van der Waals surface area contributed by atoms with Crippen molar-refractivity contribution < 1.29 is 24.6 Å². The summed E-state index contributed by atoms with van der Waals surface area (Å²) in [6.07, 6.45) is -1.59. The van der Waals surface area contributed by atoms with Gasteiger partial charge in [-0.3, -0.25) is 9.59 Å². The first kappa shape index (κ1) is 14.7. The lowest BCUT2D eigenvalue weighted by Crippen LogP contribution is -2.45. The molecule has 102 valence electrons. The Kier molecular flexibility index (Phi) is 4.60. The number of carboxylic acid groups (broad SMARTS) is 1. The van der Waals surface area contributed by atoms with Gasteiger partial charge in [0, 0.05) is 5.69 Å². The molecule has 0 saturated heterocycles. The summed E-state index contributed by atoms with van der Waals surface area (Å²) in [7, 11) is 0. The second-order valence-electron chi connectivity index (χ2n) is 4.07. The van der Waals surface area contributed by atoms with Gasteiger partial charge in [0.25, 0.3) is 0 Å². The number of nitrogens with one attached hydrogen (secondary N) is 1. The van der Waals surface area contributed by atoms with Crippen molar-refractivity contribution in [2.45, 2.75) is 18.4 Å². The minimum Gasteiger partial charge on any atom is -0.479 e. The van der Waals surface area contributed by atoms with Crippen LogP contribution in [0.2, 0.25) is 0 Å². The first-order valence-electron chi connectivity index (χ1n) is 5.42. The lowest BCUT2D eigenvalue weighted by Gasteiger charge is -2.21. The van der Waals surface area contributed by atoms with Gasteiger partial charge < -0.3 is 21.3 Å². The molecular weight excluding hydrogens is 252 g/mol. The largest absolute Gasteiger partial charge is 0.479 e. The van der Waals surface area contributed by atoms with Crippen molar-refractivity contribution in [3.05, 3.63) is 30.3 Å². The average molecular weight is 266 g/mol. The van der Waals surface area contributed by atoms with Gasteiger partial charge >= 0.3 is 5.97 Å². The first-order valence-corrected chi connectivity index (χ1v) is 5.42. The Balaban J connectivity index is 2.72. The molecule has 0 saturated carbocycles. The van der Waals surface area contributed by atoms with Crippen molar-refractivity contribution in [2.75, 3.05) is 5.32 Å². The Labute approximate surface area is 109 Å². The SMILES string of the molecule is NC(=O)CC(O)(CC(=O)Nc1ccccc1)C(=O)O. The number of carbonyl (C=O) groups excluding carboxylic acids is 2. The fourth-order valence-electron chi connectivity index (χ4n) is 1.49. The maximum atomic E-state index is 11.6. The number of hydrogen-bond donors (Lipinski definition) is 4. The van der Waals surface area contributed by atoms with Crippen molar-refractivity contribution in [1.82, 2.24) is 0 Å². The third-order valence-corrected chi connectivity index (χ3v) is 2.38. The van der Waals surface area contributed by atoms with Gasteiger partial charge in [-0.05, 0) is 12.1 Å². The molecule has 1 atom stereocenters. The van der Waals surface area contributed by atoms with Crippen LogP contribution in [0, 0.1) is 0 Å². The van der Waals surface area contributed by atoms with E-state index in [1.165, 1.54) is 0 Å². The van der Waals surface area contributed by atoms with E-state index in [2.05, 4.69) is 5.32 Å². The summed E-state index contributed by atoms with van der Waals surface area (Å²) in [6.45, 7) is 0. The zero-order chi connectivity index (χ0) is 14.5. The Morgan fingerprint density at radius 1 is 1.16 bits per heavy atom. The normalized spacial score (nSPS) is 13.3. The maximum Gasteiger partial charge on any atom is 0.336 e. The van der Waals surface area contributed by atoms with Crippen LogP contribution in [0.15, 0.2) is 30.3 Å². The van der Waals surface area contributed by atoms with Gasteiger partial charge in [-0.15, -0.1) is 0 Å². The third-order valence-electron chi connectivity index (χ3n) is 2.38. The molecule has 0 bridgehead atoms. The highest BCUT2D eigenvalue weighted by molar-refractivity contribution is 5.96. The highest BCUT2D eigenvalue weighted by Gasteiger charge is 2.40. The predicted octanol–water partition coefficient (Wildman–Crippen LogP) is -0.294. The summed E-state index contributed by atoms with van der Waals surface area (Å²) in [5, 5.41) is 21.0. The highest BCUT2D eigenvalue weighted by atomic mass is 16.4. The van der Waals surface area contributed by atoms with Crippen LogP contribution in [0.1, 0.15) is 12.8 Å². The van der Waals surface area contributed by atoms with E-state index < -0.39 is 36.2 Å². The fourth-order valence-corrected chi connectivity index (χ4v) is 1.49. The molecule has 0 radical (unpaired) electrons. The number of nitrogens with two attached hydrogens (primary N) is 1. The van der Waals surface area contributed by atoms with Crippen LogP contribution in [-0.2, 0) is 14.4 Å². The van der Waals surface area contributed by atoms with Gasteiger partial charge in [0.15, 0.2) is 5.60 Å². The van der Waals surface area contributed by atoms with E-state index in [-0.39, 0.29) is 0 Å². The van der Waals surface area contributed by atoms with Gasteiger partial charge in [-0.1, -0.05) is 18.2 Å². The molecule has 0 fully saturated rings. The summed E-state index contributed by atoms with van der Waals surface area (Å²) >= 11 is 0. The van der Waals surface area contributed by atoms with E-state index in [9.17, 15) is 19.5 Å². The summed E-state index contributed by atoms with van der Waals surface area (Å²) in [5.74, 6) is -3.40. The molecule has 2 amide bonds. The zero-order valence-electron chi connectivity index (χ0n) is 10.00. The summed E-state index contributed by atoms with van der Waals surface area (Å²) in [5.41, 5.74) is 2.81. The van der Waals surface area contributed by atoms with Crippen molar-refractivity contribution in [3.63, 3.8) is 0 Å². The molecule has 1 aromatic carbocycles. The van der Waals surface area contributed by atoms with E-state index in [1.807, 2.05) is 0 Å². The second kappa shape index (κ2) is 5.96. The van der Waals surface area contributed by atoms with Gasteiger partial charge in [0.05, 0.1) is 12.8 Å². The number of primary amides is 1. The lowest BCUT2D eigenvalue weighted by atomic mass is 9.95. The molecule has 0 aliphatic rings. The summed E-state index contributed by atoms with van der Waals surface area (Å²) in [4.78, 5) is 33.3. The van der Waals surface area contributed by atoms with E-state index in [4.69, 9.17) is 10.8 Å². The Hall–Kier alpha value is -2.41. The van der Waals surface area contributed by atoms with Crippen molar-refractivity contribution in [2.24, 2.45) is 5.73 Å². The minimum atomic E-state index is -2.50. The second-order valence-corrected chi connectivity index (χ2v) is 4.07. The van der Waals surface area contributed by atoms with Gasteiger partial charge in [-0.25, -0.2) is 4.79 Å². The number of anilines is 1. The van der Waals surface area contributed by atoms with Crippen LogP contribution < -0.4 is 11.1 Å². The molecule has 0 aliphatic heterocycles. The van der Waals surface area contributed by atoms with Gasteiger partial charge in [0.2, 0.25) is 11.8 Å². The van der Waals surface area contributed by atoms with Crippen LogP contribution in [0.3, 0.4) is 0 Å². The molecular formula is C12H14N2O5. The summed E-state index contributed by atoms with van der Waals surface area (Å²) in [6, 6.07) is 8.32. The summed E-state index contributed by atoms with van der Waals surface area (Å²) < 4.78 is 0. The Morgan fingerprint density at radius 2 is 1.74 bits per heavy atom. The van der Waals surface area contributed by atoms with Crippen LogP contribution >= 0.6 is 0 Å². The standard InChI is InChI=1S/C12H14N2O5/c13-9(15)6-12(19,11(17)18)7-10(16)14-8-4-2-1-3-5-8/h1-5,19H,6-7H2,(H2,13,15)(H,14,16)(H,17,18). The third kappa shape index (κ3) is 4.40. The highest BCUT2D eigenvalue weighted by Crippen LogP contribution is 2.17. The number of rotatable bonds is 6. The maximum absolute atomic E-state index is 11.6. The number of aliphatic carboxylic acids is 1. The molecule has 19 heavy (non-hydrogen) atoms. The van der Waals surface area contributed by atoms with Crippen molar-refractivity contribution in [3.8, 4) is 0 Å². The van der Waals surface area contributed by atoms with Crippen LogP contribution in [0.25, 0.3) is 0 Å². The van der Waals surface area contributed by atoms with Gasteiger partial charge in [0.1, 0.15) is 0 Å². The number of carboxylic acids is 1. The number of para-hydroxylation sites is 1. The first-order chi connectivity index (χ1) is 8.83. The van der Waals surface area contributed by atoms with Crippen LogP contribution in [-0.4, -0.2) is 33.6 Å². The number of carbonyl (C=O) groups is 3. The molecule has 0 aromatic heterocycles. The van der Waals surface area contributed by atoms with Crippen molar-refractivity contribution in [1.29, 1.82) is 0 Å². The molecule has 7 heteroatoms. The molecule has 1 aromatic rings. The molecule has 0 heterocycles. The predicted molar refractivity (Wildman–Crippen MR) is 66.1 cm³/mol. The van der Waals surface area contributed by atoms with Crippen LogP contribution in [0.5, 0.6) is 0 Å². The zero-order valence-corrected chi connectivity index (χ0v) is 10.00. The monoisotopic (exact) mass is 266 g/mol. The molecule has 5 N–H and O–H groups in total. The molecule has 1 unspecified atom stereocenters. The number of amides is 2. The van der Waals surface area contributed by atoms with Gasteiger partial charge in [-0.2, -0.15) is 0 Å². The topological polar surface area (TPSA) is 130 Å². The Morgan fingerprint density at radius 3 is 2.21 bits per heavy atom. The molecule has 0 spiro atoms. The van der Waals surface area contributed by atoms with Crippen molar-refractivity contribution >= 4 is 23.5 Å². The minimum absolute atomic E-state index is 0.458. The number of hydrogen-bond acceptors (Lipinski definition) is 4. The molecule has 0 aliphatic carbocycles. The molecule has 1 rings (SSSR count). The Bertz CT molecular complexity index is 488. The van der Waals surface area contributed by atoms with Crippen LogP contribution in [0.4, 0.5) is 5.69 Å². The quantitative estimate of drug-likeness (QED) is 0.562. The van der Waals surface area contributed by atoms with E-state index in [0.717, 1.165) is 0 Å². The lowest BCUT2D eigenvalue weighted by molar-refractivity contribution is -0.163.